The Labute approximate surface area is 146 Å². The zero-order valence-electron chi connectivity index (χ0n) is 13.1. The van der Waals surface area contributed by atoms with Crippen molar-refractivity contribution in [3.63, 3.8) is 0 Å². The molecule has 121 valence electrons. The van der Waals surface area contributed by atoms with E-state index in [0.29, 0.717) is 29.6 Å². The number of rotatable bonds is 5. The van der Waals surface area contributed by atoms with Gasteiger partial charge in [0.15, 0.2) is 0 Å². The van der Waals surface area contributed by atoms with Gasteiger partial charge < -0.3 is 16.2 Å². The van der Waals surface area contributed by atoms with Crippen LogP contribution in [0.5, 0.6) is 5.75 Å². The number of halogens is 1. The summed E-state index contributed by atoms with van der Waals surface area (Å²) in [5, 5.41) is 0.573. The first-order valence-corrected chi connectivity index (χ1v) is 8.02. The molecule has 24 heavy (non-hydrogen) atoms. The number of benzene rings is 3. The molecule has 0 bridgehead atoms. The van der Waals surface area contributed by atoms with Gasteiger partial charge in [-0.25, -0.2) is 0 Å². The molecule has 1 radical (unpaired) electrons. The topological polar surface area (TPSA) is 61.3 Å². The van der Waals surface area contributed by atoms with E-state index >= 15 is 0 Å². The molecule has 4 N–H and O–H groups in total. The van der Waals surface area contributed by atoms with Crippen molar-refractivity contribution in [3.05, 3.63) is 82.9 Å². The highest BCUT2D eigenvalue weighted by molar-refractivity contribution is 6.32. The minimum absolute atomic E-state index is 0.387. The Balaban J connectivity index is 1.86. The molecule has 0 aliphatic rings. The van der Waals surface area contributed by atoms with Gasteiger partial charge in [0, 0.05) is 12.2 Å². The number of hydrogen-bond donors (Lipinski definition) is 2. The van der Waals surface area contributed by atoms with Crippen molar-refractivity contribution >= 4 is 17.3 Å². The highest BCUT2D eigenvalue weighted by atomic mass is 35.5. The van der Waals surface area contributed by atoms with Crippen molar-refractivity contribution in [2.24, 2.45) is 5.73 Å². The largest absolute Gasteiger partial charge is 0.487 e. The molecule has 3 aromatic carbocycles. The SMILES string of the molecule is NCc1cc(-c2ccc(Cl)c(OCc3ccccc3)c2)[c]cc1N. The van der Waals surface area contributed by atoms with Gasteiger partial charge in [-0.3, -0.25) is 0 Å². The number of nitrogen functional groups attached to an aromatic ring is 1. The standard InChI is InChI=1S/C20H18ClN2O/c21-18-8-6-16(15-7-9-19(23)17(10-15)12-22)11-20(18)24-13-14-4-2-1-3-5-14/h1-6,8-11H,12-13,22-23H2. The van der Waals surface area contributed by atoms with Crippen LogP contribution in [0.25, 0.3) is 11.1 Å². The molecular formula is C20H18ClN2O. The highest BCUT2D eigenvalue weighted by Crippen LogP contribution is 2.32. The fourth-order valence-electron chi connectivity index (χ4n) is 2.41. The lowest BCUT2D eigenvalue weighted by Crippen LogP contribution is -2.01. The first-order chi connectivity index (χ1) is 11.7. The molecule has 4 heteroatoms. The zero-order valence-corrected chi connectivity index (χ0v) is 13.9. The smallest absolute Gasteiger partial charge is 0.139 e. The normalized spacial score (nSPS) is 10.6. The second-order valence-corrected chi connectivity index (χ2v) is 5.86. The summed E-state index contributed by atoms with van der Waals surface area (Å²) in [6.07, 6.45) is 0. The Bertz CT molecular complexity index is 834. The molecule has 3 rings (SSSR count). The Hall–Kier alpha value is -2.49. The van der Waals surface area contributed by atoms with Gasteiger partial charge >= 0.3 is 0 Å². The van der Waals surface area contributed by atoms with Gasteiger partial charge in [0.05, 0.1) is 5.02 Å². The molecule has 0 saturated carbocycles. The highest BCUT2D eigenvalue weighted by Gasteiger charge is 2.08. The van der Waals surface area contributed by atoms with Crippen LogP contribution in [0, 0.1) is 6.07 Å². The van der Waals surface area contributed by atoms with Crippen molar-refractivity contribution in [3.8, 4) is 16.9 Å². The van der Waals surface area contributed by atoms with E-state index in [2.05, 4.69) is 6.07 Å². The fraction of sp³-hybridized carbons (Fsp3) is 0.100. The number of hydrogen-bond acceptors (Lipinski definition) is 3. The van der Waals surface area contributed by atoms with Gasteiger partial charge in [-0.05, 0) is 52.6 Å². The van der Waals surface area contributed by atoms with E-state index < -0.39 is 0 Å². The molecule has 3 aromatic rings. The maximum atomic E-state index is 6.26. The lowest BCUT2D eigenvalue weighted by molar-refractivity contribution is 0.306. The summed E-state index contributed by atoms with van der Waals surface area (Å²) >= 11 is 6.26. The first kappa shape index (κ1) is 16.4. The molecule has 0 atom stereocenters. The van der Waals surface area contributed by atoms with Crippen LogP contribution >= 0.6 is 11.6 Å². The third-order valence-corrected chi connectivity index (χ3v) is 4.08. The van der Waals surface area contributed by atoms with Crippen molar-refractivity contribution < 1.29 is 4.74 Å². The summed E-state index contributed by atoms with van der Waals surface area (Å²) < 4.78 is 5.87. The van der Waals surface area contributed by atoms with E-state index in [4.69, 9.17) is 27.8 Å². The lowest BCUT2D eigenvalue weighted by atomic mass is 10.0. The summed E-state index contributed by atoms with van der Waals surface area (Å²) in [6, 6.07) is 22.5. The Kier molecular flexibility index (Phi) is 5.04. The minimum atomic E-state index is 0.387. The van der Waals surface area contributed by atoms with E-state index in [-0.39, 0.29) is 0 Å². The van der Waals surface area contributed by atoms with Crippen molar-refractivity contribution in [1.29, 1.82) is 0 Å². The van der Waals surface area contributed by atoms with Crippen LogP contribution < -0.4 is 16.2 Å². The molecule has 0 aliphatic heterocycles. The second-order valence-electron chi connectivity index (χ2n) is 5.45. The van der Waals surface area contributed by atoms with Crippen LogP contribution in [-0.4, -0.2) is 0 Å². The van der Waals surface area contributed by atoms with Crippen LogP contribution in [0.4, 0.5) is 5.69 Å². The van der Waals surface area contributed by atoms with Gasteiger partial charge in [0.1, 0.15) is 12.4 Å². The monoisotopic (exact) mass is 337 g/mol. The van der Waals surface area contributed by atoms with Gasteiger partial charge in [0.2, 0.25) is 0 Å². The van der Waals surface area contributed by atoms with Gasteiger partial charge in [0.25, 0.3) is 0 Å². The second kappa shape index (κ2) is 7.39. The Morgan fingerprint density at radius 3 is 2.58 bits per heavy atom. The predicted octanol–water partition coefficient (Wildman–Crippen LogP) is 4.43. The van der Waals surface area contributed by atoms with Crippen LogP contribution in [0.15, 0.2) is 60.7 Å². The minimum Gasteiger partial charge on any atom is -0.487 e. The van der Waals surface area contributed by atoms with Gasteiger partial charge in [-0.15, -0.1) is 0 Å². The predicted molar refractivity (Wildman–Crippen MR) is 98.8 cm³/mol. The molecule has 3 nitrogen and oxygen atoms in total. The van der Waals surface area contributed by atoms with E-state index in [1.165, 1.54) is 0 Å². The first-order valence-electron chi connectivity index (χ1n) is 7.64. The lowest BCUT2D eigenvalue weighted by Gasteiger charge is -2.11. The molecule has 0 saturated heterocycles. The summed E-state index contributed by atoms with van der Waals surface area (Å²) in [5.41, 5.74) is 16.1. The van der Waals surface area contributed by atoms with Crippen LogP contribution in [0.3, 0.4) is 0 Å². The Morgan fingerprint density at radius 2 is 1.83 bits per heavy atom. The fourth-order valence-corrected chi connectivity index (χ4v) is 2.58. The van der Waals surface area contributed by atoms with Crippen molar-refractivity contribution in [2.45, 2.75) is 13.2 Å². The zero-order chi connectivity index (χ0) is 16.9. The van der Waals surface area contributed by atoms with E-state index in [9.17, 15) is 0 Å². The maximum Gasteiger partial charge on any atom is 0.139 e. The molecular weight excluding hydrogens is 320 g/mol. The van der Waals surface area contributed by atoms with Gasteiger partial charge in [-0.2, -0.15) is 0 Å². The van der Waals surface area contributed by atoms with E-state index in [0.717, 1.165) is 22.3 Å². The average Bonchev–Trinajstić information content (AvgIpc) is 2.62. The van der Waals surface area contributed by atoms with Crippen molar-refractivity contribution in [2.75, 3.05) is 5.73 Å². The molecule has 0 amide bonds. The van der Waals surface area contributed by atoms with Gasteiger partial charge in [-0.1, -0.05) is 48.0 Å². The van der Waals surface area contributed by atoms with Crippen LogP contribution in [-0.2, 0) is 13.2 Å². The number of nitrogens with two attached hydrogens (primary N) is 2. The molecule has 0 aromatic heterocycles. The molecule has 0 aliphatic carbocycles. The summed E-state index contributed by atoms with van der Waals surface area (Å²) in [6.45, 7) is 0.849. The van der Waals surface area contributed by atoms with E-state index in [1.54, 1.807) is 6.07 Å². The quantitative estimate of drug-likeness (QED) is 0.677. The number of anilines is 1. The van der Waals surface area contributed by atoms with Crippen molar-refractivity contribution in [1.82, 2.24) is 0 Å². The molecule has 0 fully saturated rings. The van der Waals surface area contributed by atoms with Crippen LogP contribution in [0.1, 0.15) is 11.1 Å². The Morgan fingerprint density at radius 1 is 1.04 bits per heavy atom. The number of ether oxygens (including phenoxy) is 1. The summed E-state index contributed by atoms with van der Waals surface area (Å²) in [4.78, 5) is 0. The molecule has 0 spiro atoms. The third kappa shape index (κ3) is 3.70. The molecule has 0 heterocycles. The summed E-state index contributed by atoms with van der Waals surface area (Å²) in [5.74, 6) is 0.637. The third-order valence-electron chi connectivity index (χ3n) is 3.77. The van der Waals surface area contributed by atoms with Crippen LogP contribution in [0.2, 0.25) is 5.02 Å². The van der Waals surface area contributed by atoms with E-state index in [1.807, 2.05) is 54.6 Å². The maximum absolute atomic E-state index is 6.26. The summed E-state index contributed by atoms with van der Waals surface area (Å²) in [7, 11) is 0. The average molecular weight is 338 g/mol. The molecule has 0 unspecified atom stereocenters.